The minimum Gasteiger partial charge on any atom is -0.756 e. The van der Waals surface area contributed by atoms with E-state index >= 15 is 0 Å². The van der Waals surface area contributed by atoms with Gasteiger partial charge in [-0.15, -0.1) is 0 Å². The van der Waals surface area contributed by atoms with Crippen LogP contribution in [0.5, 0.6) is 0 Å². The molecule has 9 heteroatoms. The second-order valence-corrected chi connectivity index (χ2v) is 25.9. The topological polar surface area (TPSA) is 108 Å². The third kappa shape index (κ3) is 62.1. The van der Waals surface area contributed by atoms with E-state index < -0.39 is 20.0 Å². The summed E-state index contributed by atoms with van der Waals surface area (Å²) < 4.78 is 23.4. The highest BCUT2D eigenvalue weighted by Crippen LogP contribution is 2.38. The molecule has 0 rings (SSSR count). The van der Waals surface area contributed by atoms with Gasteiger partial charge in [-0.3, -0.25) is 9.36 Å². The molecule has 0 aromatic heterocycles. The molecule has 0 aromatic rings. The first-order valence-electron chi connectivity index (χ1n) is 34.0. The number of amides is 1. The fourth-order valence-corrected chi connectivity index (χ4v) is 10.9. The van der Waals surface area contributed by atoms with Crippen LogP contribution in [0.1, 0.15) is 335 Å². The third-order valence-electron chi connectivity index (χ3n) is 15.5. The zero-order chi connectivity index (χ0) is 57.0. The molecule has 0 aliphatic carbocycles. The second kappa shape index (κ2) is 60.1. The number of phosphoric acid groups is 1. The largest absolute Gasteiger partial charge is 0.756 e. The summed E-state index contributed by atoms with van der Waals surface area (Å²) in [4.78, 5) is 25.6. The Morgan fingerprint density at radius 3 is 1.08 bits per heavy atom. The van der Waals surface area contributed by atoms with Crippen LogP contribution < -0.4 is 10.2 Å². The molecule has 0 aromatic carbocycles. The van der Waals surface area contributed by atoms with Gasteiger partial charge in [0.05, 0.1) is 39.9 Å². The highest BCUT2D eigenvalue weighted by molar-refractivity contribution is 7.45. The number of carbonyl (C=O) groups is 1. The lowest BCUT2D eigenvalue weighted by molar-refractivity contribution is -0.870. The van der Waals surface area contributed by atoms with E-state index in [2.05, 4.69) is 55.6 Å². The minimum absolute atomic E-state index is 0.0000799. The summed E-state index contributed by atoms with van der Waals surface area (Å²) in [5.41, 5.74) is 0. The van der Waals surface area contributed by atoms with E-state index in [9.17, 15) is 19.4 Å². The minimum atomic E-state index is -4.60. The molecule has 460 valence electrons. The Labute approximate surface area is 486 Å². The first-order chi connectivity index (χ1) is 38.0. The molecule has 3 unspecified atom stereocenters. The molecule has 0 aliphatic rings. The van der Waals surface area contributed by atoms with E-state index in [4.69, 9.17) is 9.05 Å². The highest BCUT2D eigenvalue weighted by atomic mass is 31.2. The molecular weight excluding hydrogens is 984 g/mol. The maximum absolute atomic E-state index is 13.0. The molecule has 0 radical (unpaired) electrons. The summed E-state index contributed by atoms with van der Waals surface area (Å²) in [6, 6.07) is -0.887. The lowest BCUT2D eigenvalue weighted by Gasteiger charge is -2.29. The molecule has 8 nitrogen and oxygen atoms in total. The lowest BCUT2D eigenvalue weighted by atomic mass is 10.0. The molecule has 3 atom stereocenters. The van der Waals surface area contributed by atoms with Crippen molar-refractivity contribution in [2.45, 2.75) is 347 Å². The molecule has 0 saturated carbocycles. The van der Waals surface area contributed by atoms with Gasteiger partial charge < -0.3 is 28.8 Å². The molecule has 0 bridgehead atoms. The van der Waals surface area contributed by atoms with Crippen LogP contribution in [0.15, 0.2) is 48.6 Å². The van der Waals surface area contributed by atoms with Gasteiger partial charge in [-0.25, -0.2) is 0 Å². The quantitative estimate of drug-likeness (QED) is 0.0272. The molecular formula is C69H133N2O6P. The number of nitrogens with zero attached hydrogens (tertiary/aromatic N) is 1. The first kappa shape index (κ1) is 76.5. The van der Waals surface area contributed by atoms with Crippen molar-refractivity contribution < 1.29 is 32.9 Å². The number of carbonyl (C=O) groups excluding carboxylic acids is 1. The van der Waals surface area contributed by atoms with Crippen LogP contribution in [-0.4, -0.2) is 68.5 Å². The summed E-state index contributed by atoms with van der Waals surface area (Å²) in [5.74, 6) is -0.192. The summed E-state index contributed by atoms with van der Waals surface area (Å²) in [6.45, 7) is 4.69. The summed E-state index contributed by atoms with van der Waals surface area (Å²) in [7, 11) is 1.27. The molecule has 2 N–H and O–H groups in total. The SMILES string of the molecule is CCCCCCC/C=C\C/C=C\C/C=C\CCCCCCCCCCCCCCCCCCCCC(=O)NC(COP(=O)([O-])OCC[N+](C)(C)C)C(O)/C=C/CCCCCCCCCCCCCCCCCCCCCCC. The maximum Gasteiger partial charge on any atom is 0.268 e. The fraction of sp³-hybridized carbons (Fsp3) is 0.870. The van der Waals surface area contributed by atoms with Crippen molar-refractivity contribution in [3.05, 3.63) is 48.6 Å². The van der Waals surface area contributed by atoms with Gasteiger partial charge in [0.15, 0.2) is 0 Å². The van der Waals surface area contributed by atoms with E-state index in [0.29, 0.717) is 17.4 Å². The molecule has 0 aliphatic heterocycles. The number of hydrogen-bond acceptors (Lipinski definition) is 6. The predicted octanol–water partition coefficient (Wildman–Crippen LogP) is 20.8. The van der Waals surface area contributed by atoms with Gasteiger partial charge in [0.2, 0.25) is 5.91 Å². The molecule has 0 spiro atoms. The smallest absolute Gasteiger partial charge is 0.268 e. The Kier molecular flexibility index (Phi) is 58.9. The van der Waals surface area contributed by atoms with E-state index in [-0.39, 0.29) is 19.1 Å². The summed E-state index contributed by atoms with van der Waals surface area (Å²) in [5, 5.41) is 14.0. The van der Waals surface area contributed by atoms with E-state index in [1.54, 1.807) is 6.08 Å². The van der Waals surface area contributed by atoms with Gasteiger partial charge in [0.1, 0.15) is 13.2 Å². The number of allylic oxidation sites excluding steroid dienone is 7. The van der Waals surface area contributed by atoms with Crippen LogP contribution in [0, 0.1) is 0 Å². The average molecular weight is 1120 g/mol. The van der Waals surface area contributed by atoms with E-state index in [0.717, 1.165) is 51.4 Å². The van der Waals surface area contributed by atoms with Crippen LogP contribution in [0.3, 0.4) is 0 Å². The van der Waals surface area contributed by atoms with Crippen molar-refractivity contribution in [3.8, 4) is 0 Å². The van der Waals surface area contributed by atoms with Crippen molar-refractivity contribution >= 4 is 13.7 Å². The number of likely N-dealkylation sites (N-methyl/N-ethyl adjacent to an activating group) is 1. The van der Waals surface area contributed by atoms with Gasteiger partial charge in [-0.05, 0) is 57.8 Å². The average Bonchev–Trinajstić information content (AvgIpc) is 3.41. The standard InChI is InChI=1S/C69H133N2O6P/c1-6-8-10-12-14-16-18-20-22-24-26-28-30-31-32-33-34-35-36-37-38-39-41-43-45-47-49-51-53-55-57-59-61-63-69(73)70-67(66-77-78(74,75)76-65-64-71(3,4)5)68(72)62-60-58-56-54-52-50-48-46-44-42-40-29-27-25-23-21-19-17-15-13-11-9-7-2/h18,20,24,26,30-31,60,62,67-68,72H,6-17,19,21-23,25,27-29,32-59,61,63-66H2,1-5H3,(H-,70,73,74,75)/b20-18-,26-24-,31-30-,62-60+. The molecule has 78 heavy (non-hydrogen) atoms. The van der Waals surface area contributed by atoms with Crippen molar-refractivity contribution in [2.24, 2.45) is 0 Å². The van der Waals surface area contributed by atoms with Crippen molar-refractivity contribution in [1.82, 2.24) is 5.32 Å². The van der Waals surface area contributed by atoms with Crippen LogP contribution in [0.2, 0.25) is 0 Å². The summed E-state index contributed by atoms with van der Waals surface area (Å²) in [6.07, 6.45) is 80.8. The van der Waals surface area contributed by atoms with Crippen molar-refractivity contribution in [3.63, 3.8) is 0 Å². The van der Waals surface area contributed by atoms with Gasteiger partial charge in [0, 0.05) is 6.42 Å². The van der Waals surface area contributed by atoms with E-state index in [1.165, 1.54) is 263 Å². The van der Waals surface area contributed by atoms with Crippen LogP contribution in [0.25, 0.3) is 0 Å². The molecule has 0 saturated heterocycles. The number of phosphoric ester groups is 1. The fourth-order valence-electron chi connectivity index (χ4n) is 10.2. The van der Waals surface area contributed by atoms with Crippen LogP contribution in [0.4, 0.5) is 0 Å². The molecule has 0 fully saturated rings. The van der Waals surface area contributed by atoms with Crippen LogP contribution in [-0.2, 0) is 18.4 Å². The van der Waals surface area contributed by atoms with Gasteiger partial charge >= 0.3 is 0 Å². The van der Waals surface area contributed by atoms with Crippen molar-refractivity contribution in [2.75, 3.05) is 40.9 Å². The van der Waals surface area contributed by atoms with E-state index in [1.807, 2.05) is 27.2 Å². The van der Waals surface area contributed by atoms with Gasteiger partial charge in [-0.1, -0.05) is 319 Å². The van der Waals surface area contributed by atoms with Crippen molar-refractivity contribution in [1.29, 1.82) is 0 Å². The maximum atomic E-state index is 13.0. The Morgan fingerprint density at radius 2 is 0.744 bits per heavy atom. The van der Waals surface area contributed by atoms with Crippen LogP contribution >= 0.6 is 7.82 Å². The Hall–Kier alpha value is -1.54. The highest BCUT2D eigenvalue weighted by Gasteiger charge is 2.23. The molecule has 0 heterocycles. The number of hydrogen-bond donors (Lipinski definition) is 2. The molecule has 1 amide bonds. The Balaban J connectivity index is 4.05. The predicted molar refractivity (Wildman–Crippen MR) is 339 cm³/mol. The second-order valence-electron chi connectivity index (χ2n) is 24.5. The third-order valence-corrected chi connectivity index (χ3v) is 16.5. The number of unbranched alkanes of at least 4 members (excludes halogenated alkanes) is 44. The zero-order valence-corrected chi connectivity index (χ0v) is 53.5. The normalized spacial score (nSPS) is 14.0. The van der Waals surface area contributed by atoms with Gasteiger partial charge in [0.25, 0.3) is 7.82 Å². The number of nitrogens with one attached hydrogen (secondary N) is 1. The number of aliphatic hydroxyl groups is 1. The number of rotatable bonds is 63. The number of aliphatic hydroxyl groups excluding tert-OH is 1. The first-order valence-corrected chi connectivity index (χ1v) is 35.5. The Morgan fingerprint density at radius 1 is 0.449 bits per heavy atom. The summed E-state index contributed by atoms with van der Waals surface area (Å²) >= 11 is 0. The zero-order valence-electron chi connectivity index (χ0n) is 52.6. The number of quaternary nitrogens is 1. The lowest BCUT2D eigenvalue weighted by Crippen LogP contribution is -2.45. The Bertz CT molecular complexity index is 1410. The van der Waals surface area contributed by atoms with Gasteiger partial charge in [-0.2, -0.15) is 0 Å². The monoisotopic (exact) mass is 1120 g/mol.